The van der Waals surface area contributed by atoms with Crippen LogP contribution in [0.5, 0.6) is 0 Å². The van der Waals surface area contributed by atoms with Gasteiger partial charge in [0.15, 0.2) is 0 Å². The highest BCUT2D eigenvalue weighted by molar-refractivity contribution is 5.82. The maximum Gasteiger partial charge on any atom is 0.317 e. The number of rotatable bonds is 8. The van der Waals surface area contributed by atoms with Gasteiger partial charge in [-0.25, -0.2) is 0 Å². The Kier molecular flexibility index (Phi) is 5.59. The van der Waals surface area contributed by atoms with Gasteiger partial charge in [-0.1, -0.05) is 13.8 Å². The van der Waals surface area contributed by atoms with Crippen LogP contribution in [0.3, 0.4) is 0 Å². The van der Waals surface area contributed by atoms with Crippen molar-refractivity contribution in [3.63, 3.8) is 0 Å². The molecule has 1 amide bonds. The maximum absolute atomic E-state index is 11.9. The Labute approximate surface area is 109 Å². The Bertz CT molecular complexity index is 301. The number of carboxylic acids is 1. The number of aliphatic carboxylic acids is 1. The third-order valence-electron chi connectivity index (χ3n) is 3.23. The van der Waals surface area contributed by atoms with Gasteiger partial charge in [-0.15, -0.1) is 0 Å². The lowest BCUT2D eigenvalue weighted by Crippen LogP contribution is -2.48. The van der Waals surface area contributed by atoms with E-state index in [0.29, 0.717) is 12.5 Å². The van der Waals surface area contributed by atoms with Gasteiger partial charge in [-0.3, -0.25) is 14.5 Å². The molecule has 1 saturated carbocycles. The summed E-state index contributed by atoms with van der Waals surface area (Å²) in [6.07, 6.45) is 2.94. The van der Waals surface area contributed by atoms with Gasteiger partial charge in [0.2, 0.25) is 5.91 Å². The second-order valence-electron chi connectivity index (χ2n) is 5.45. The van der Waals surface area contributed by atoms with E-state index < -0.39 is 5.97 Å². The first kappa shape index (κ1) is 15.0. The Balaban J connectivity index is 2.41. The number of hydrogen-bond acceptors (Lipinski definition) is 3. The molecule has 1 aliphatic carbocycles. The highest BCUT2D eigenvalue weighted by atomic mass is 16.4. The number of carbonyl (C=O) groups excluding carboxylic acids is 1. The van der Waals surface area contributed by atoms with Gasteiger partial charge >= 0.3 is 5.97 Å². The van der Waals surface area contributed by atoms with Crippen LogP contribution in [0.4, 0.5) is 0 Å². The van der Waals surface area contributed by atoms with Crippen LogP contribution in [0.15, 0.2) is 0 Å². The summed E-state index contributed by atoms with van der Waals surface area (Å²) >= 11 is 0. The third kappa shape index (κ3) is 5.04. The average Bonchev–Trinajstić information content (AvgIpc) is 3.07. The van der Waals surface area contributed by atoms with Crippen LogP contribution in [-0.2, 0) is 9.59 Å². The largest absolute Gasteiger partial charge is 0.480 e. The summed E-state index contributed by atoms with van der Waals surface area (Å²) in [7, 11) is 0. The number of nitrogens with zero attached hydrogens (tertiary/aromatic N) is 1. The van der Waals surface area contributed by atoms with Gasteiger partial charge in [0.1, 0.15) is 0 Å². The highest BCUT2D eigenvalue weighted by Gasteiger charge is 2.35. The summed E-state index contributed by atoms with van der Waals surface area (Å²) in [4.78, 5) is 24.5. The molecule has 1 rings (SSSR count). The zero-order valence-corrected chi connectivity index (χ0v) is 11.5. The number of hydrogen-bond donors (Lipinski definition) is 2. The number of nitrogens with one attached hydrogen (secondary N) is 1. The Morgan fingerprint density at radius 3 is 2.39 bits per heavy atom. The van der Waals surface area contributed by atoms with Crippen LogP contribution in [0.2, 0.25) is 0 Å². The Morgan fingerprint density at radius 2 is 1.94 bits per heavy atom. The molecule has 0 aromatic carbocycles. The zero-order chi connectivity index (χ0) is 13.7. The fourth-order valence-corrected chi connectivity index (χ4v) is 1.93. The maximum atomic E-state index is 11.9. The van der Waals surface area contributed by atoms with Crippen LogP contribution in [0, 0.1) is 5.92 Å². The van der Waals surface area contributed by atoms with E-state index in [4.69, 9.17) is 5.11 Å². The molecular weight excluding hydrogens is 232 g/mol. The smallest absolute Gasteiger partial charge is 0.317 e. The standard InChI is InChI=1S/C13H24N2O3/c1-9(2)6-7-14-13(18)10(3)15(8-12(16)17)11-4-5-11/h9-11H,4-8H2,1-3H3,(H,14,18)(H,16,17). The van der Waals surface area contributed by atoms with Crippen LogP contribution in [0.25, 0.3) is 0 Å². The van der Waals surface area contributed by atoms with E-state index in [-0.39, 0.29) is 24.5 Å². The van der Waals surface area contributed by atoms with E-state index in [2.05, 4.69) is 19.2 Å². The van der Waals surface area contributed by atoms with Crippen LogP contribution >= 0.6 is 0 Å². The zero-order valence-electron chi connectivity index (χ0n) is 11.5. The SMILES string of the molecule is CC(C)CCNC(=O)C(C)N(CC(=O)O)C1CC1. The lowest BCUT2D eigenvalue weighted by molar-refractivity contribution is -0.140. The van der Waals surface area contributed by atoms with Gasteiger partial charge in [0, 0.05) is 12.6 Å². The van der Waals surface area contributed by atoms with Crippen molar-refractivity contribution in [2.75, 3.05) is 13.1 Å². The molecule has 0 aliphatic heterocycles. The van der Waals surface area contributed by atoms with Gasteiger partial charge < -0.3 is 10.4 Å². The monoisotopic (exact) mass is 256 g/mol. The Morgan fingerprint density at radius 1 is 1.33 bits per heavy atom. The summed E-state index contributed by atoms with van der Waals surface area (Å²) in [5.41, 5.74) is 0. The lowest BCUT2D eigenvalue weighted by Gasteiger charge is -2.26. The van der Waals surface area contributed by atoms with Crippen LogP contribution in [-0.4, -0.2) is 47.1 Å². The molecule has 104 valence electrons. The summed E-state index contributed by atoms with van der Waals surface area (Å²) < 4.78 is 0. The van der Waals surface area contributed by atoms with Crippen molar-refractivity contribution < 1.29 is 14.7 Å². The molecule has 5 nitrogen and oxygen atoms in total. The molecule has 0 spiro atoms. The molecule has 0 bridgehead atoms. The quantitative estimate of drug-likeness (QED) is 0.682. The topological polar surface area (TPSA) is 69.6 Å². The minimum atomic E-state index is -0.872. The molecular formula is C13H24N2O3. The van der Waals surface area contributed by atoms with Crippen molar-refractivity contribution in [2.24, 2.45) is 5.92 Å². The Hall–Kier alpha value is -1.10. The van der Waals surface area contributed by atoms with Gasteiger partial charge in [0.25, 0.3) is 0 Å². The molecule has 2 N–H and O–H groups in total. The van der Waals surface area contributed by atoms with E-state index in [0.717, 1.165) is 19.3 Å². The predicted molar refractivity (Wildman–Crippen MR) is 69.3 cm³/mol. The van der Waals surface area contributed by atoms with Crippen molar-refractivity contribution in [3.05, 3.63) is 0 Å². The summed E-state index contributed by atoms with van der Waals surface area (Å²) in [6, 6.07) is -0.0901. The molecule has 1 aliphatic rings. The molecule has 0 saturated heterocycles. The molecule has 18 heavy (non-hydrogen) atoms. The van der Waals surface area contributed by atoms with E-state index in [1.165, 1.54) is 0 Å². The molecule has 0 aromatic heterocycles. The van der Waals surface area contributed by atoms with E-state index in [9.17, 15) is 9.59 Å². The van der Waals surface area contributed by atoms with Crippen molar-refractivity contribution in [1.29, 1.82) is 0 Å². The highest BCUT2D eigenvalue weighted by Crippen LogP contribution is 2.28. The normalized spacial score (nSPS) is 16.9. The van der Waals surface area contributed by atoms with Crippen molar-refractivity contribution in [2.45, 2.75) is 52.1 Å². The summed E-state index contributed by atoms with van der Waals surface area (Å²) in [5, 5.41) is 11.7. The van der Waals surface area contributed by atoms with Gasteiger partial charge in [0.05, 0.1) is 12.6 Å². The molecule has 1 unspecified atom stereocenters. The fourth-order valence-electron chi connectivity index (χ4n) is 1.93. The number of carbonyl (C=O) groups is 2. The van der Waals surface area contributed by atoms with Crippen molar-refractivity contribution >= 4 is 11.9 Å². The minimum Gasteiger partial charge on any atom is -0.480 e. The minimum absolute atomic E-state index is 0.0521. The fraction of sp³-hybridized carbons (Fsp3) is 0.846. The molecule has 5 heteroatoms. The molecule has 1 fully saturated rings. The van der Waals surface area contributed by atoms with Gasteiger partial charge in [-0.2, -0.15) is 0 Å². The average molecular weight is 256 g/mol. The van der Waals surface area contributed by atoms with Crippen molar-refractivity contribution in [3.8, 4) is 0 Å². The second kappa shape index (κ2) is 6.73. The first-order valence-corrected chi connectivity index (χ1v) is 6.67. The number of amides is 1. The van der Waals surface area contributed by atoms with E-state index >= 15 is 0 Å². The molecule has 1 atom stereocenters. The van der Waals surface area contributed by atoms with E-state index in [1.54, 1.807) is 11.8 Å². The summed E-state index contributed by atoms with van der Waals surface area (Å²) in [5.74, 6) is -0.383. The number of carboxylic acid groups (broad SMARTS) is 1. The third-order valence-corrected chi connectivity index (χ3v) is 3.23. The molecule has 0 heterocycles. The second-order valence-corrected chi connectivity index (χ2v) is 5.45. The first-order valence-electron chi connectivity index (χ1n) is 6.67. The lowest BCUT2D eigenvalue weighted by atomic mass is 10.1. The molecule has 0 radical (unpaired) electrons. The molecule has 0 aromatic rings. The summed E-state index contributed by atoms with van der Waals surface area (Å²) in [6.45, 7) is 6.61. The predicted octanol–water partition coefficient (Wildman–Crippen LogP) is 1.09. The van der Waals surface area contributed by atoms with Gasteiger partial charge in [-0.05, 0) is 32.1 Å². The van der Waals surface area contributed by atoms with Crippen LogP contribution in [0.1, 0.15) is 40.0 Å². The first-order chi connectivity index (χ1) is 8.41. The van der Waals surface area contributed by atoms with Crippen LogP contribution < -0.4 is 5.32 Å². The van der Waals surface area contributed by atoms with E-state index in [1.807, 2.05) is 0 Å². The van der Waals surface area contributed by atoms with Crippen molar-refractivity contribution in [1.82, 2.24) is 10.2 Å².